The van der Waals surface area contributed by atoms with Crippen LogP contribution in [0.5, 0.6) is 11.5 Å². The molecular formula is C20H25NO4. The van der Waals surface area contributed by atoms with E-state index in [1.807, 2.05) is 6.07 Å². The summed E-state index contributed by atoms with van der Waals surface area (Å²) in [7, 11) is 0. The highest BCUT2D eigenvalue weighted by Crippen LogP contribution is 2.65. The third-order valence-corrected chi connectivity index (χ3v) is 7.73. The van der Waals surface area contributed by atoms with E-state index in [0.717, 1.165) is 37.4 Å². The summed E-state index contributed by atoms with van der Waals surface area (Å²) < 4.78 is 6.14. The van der Waals surface area contributed by atoms with Crippen LogP contribution in [0.2, 0.25) is 0 Å². The number of aliphatic hydroxyl groups is 2. The maximum absolute atomic E-state index is 12.0. The van der Waals surface area contributed by atoms with Gasteiger partial charge in [-0.05, 0) is 62.6 Å². The van der Waals surface area contributed by atoms with Crippen LogP contribution in [0.3, 0.4) is 0 Å². The number of benzene rings is 1. The Morgan fingerprint density at radius 1 is 1.20 bits per heavy atom. The number of ether oxygens (including phenoxy) is 1. The van der Waals surface area contributed by atoms with Crippen LogP contribution in [0.4, 0.5) is 0 Å². The minimum atomic E-state index is -0.879. The second-order valence-corrected chi connectivity index (χ2v) is 8.90. The summed E-state index contributed by atoms with van der Waals surface area (Å²) in [4.78, 5) is 2.51. The Morgan fingerprint density at radius 2 is 2.04 bits per heavy atom. The fourth-order valence-corrected chi connectivity index (χ4v) is 6.46. The topological polar surface area (TPSA) is 73.2 Å². The zero-order valence-electron chi connectivity index (χ0n) is 14.3. The Bertz CT molecular complexity index is 762. The van der Waals surface area contributed by atoms with Gasteiger partial charge in [-0.15, -0.1) is 0 Å². The molecule has 0 radical (unpaired) electrons. The molecule has 25 heavy (non-hydrogen) atoms. The third kappa shape index (κ3) is 1.61. The van der Waals surface area contributed by atoms with Gasteiger partial charge in [-0.25, -0.2) is 0 Å². The van der Waals surface area contributed by atoms with Crippen molar-refractivity contribution in [2.75, 3.05) is 13.1 Å². The molecule has 1 spiro atoms. The van der Waals surface area contributed by atoms with Gasteiger partial charge in [0.1, 0.15) is 6.10 Å². The van der Waals surface area contributed by atoms with Crippen LogP contribution < -0.4 is 4.74 Å². The molecular weight excluding hydrogens is 318 g/mol. The SMILES string of the molecule is Oc1ccc2c3c1O[C@H]1[C@H](O)CC[C@@]4(O)C(C2)N(CC2CC2)CC[C@]314. The number of piperidine rings is 1. The Kier molecular flexibility index (Phi) is 2.67. The van der Waals surface area contributed by atoms with Crippen LogP contribution in [0, 0.1) is 5.92 Å². The van der Waals surface area contributed by atoms with Crippen molar-refractivity contribution < 1.29 is 20.1 Å². The predicted octanol–water partition coefficient (Wildman–Crippen LogP) is 1.32. The number of aromatic hydroxyl groups is 1. The lowest BCUT2D eigenvalue weighted by molar-refractivity contribution is -0.208. The van der Waals surface area contributed by atoms with Gasteiger partial charge in [-0.1, -0.05) is 6.07 Å². The van der Waals surface area contributed by atoms with E-state index < -0.39 is 23.2 Å². The van der Waals surface area contributed by atoms with E-state index >= 15 is 0 Å². The van der Waals surface area contributed by atoms with E-state index in [1.165, 1.54) is 18.4 Å². The van der Waals surface area contributed by atoms with Gasteiger partial charge in [-0.3, -0.25) is 4.90 Å². The first-order valence-electron chi connectivity index (χ1n) is 9.71. The second-order valence-electron chi connectivity index (χ2n) is 8.90. The highest BCUT2D eigenvalue weighted by atomic mass is 16.5. The Hall–Kier alpha value is -1.30. The molecule has 3 fully saturated rings. The van der Waals surface area contributed by atoms with Crippen molar-refractivity contribution in [3.63, 3.8) is 0 Å². The van der Waals surface area contributed by atoms with Gasteiger partial charge in [0, 0.05) is 18.2 Å². The molecule has 1 unspecified atom stereocenters. The first kappa shape index (κ1) is 14.8. The van der Waals surface area contributed by atoms with E-state index in [0.29, 0.717) is 18.6 Å². The van der Waals surface area contributed by atoms with Gasteiger partial charge in [0.25, 0.3) is 0 Å². The number of aliphatic hydroxyl groups excluding tert-OH is 1. The maximum atomic E-state index is 12.0. The molecule has 2 bridgehead atoms. The molecule has 1 aromatic rings. The number of phenolic OH excluding ortho intramolecular Hbond substituents is 1. The molecule has 0 amide bonds. The third-order valence-electron chi connectivity index (χ3n) is 7.73. The van der Waals surface area contributed by atoms with Crippen molar-refractivity contribution in [2.45, 2.75) is 67.8 Å². The van der Waals surface area contributed by atoms with Gasteiger partial charge in [0.2, 0.25) is 0 Å². The molecule has 2 heterocycles. The van der Waals surface area contributed by atoms with Gasteiger partial charge >= 0.3 is 0 Å². The molecule has 1 saturated heterocycles. The number of hydrogen-bond donors (Lipinski definition) is 3. The minimum Gasteiger partial charge on any atom is -0.504 e. The number of rotatable bonds is 2. The molecule has 5 atom stereocenters. The van der Waals surface area contributed by atoms with Crippen molar-refractivity contribution in [1.82, 2.24) is 4.90 Å². The molecule has 1 aromatic carbocycles. The maximum Gasteiger partial charge on any atom is 0.165 e. The van der Waals surface area contributed by atoms with Gasteiger partial charge in [0.05, 0.1) is 17.1 Å². The lowest BCUT2D eigenvalue weighted by atomic mass is 9.48. The second kappa shape index (κ2) is 4.51. The zero-order chi connectivity index (χ0) is 17.0. The van der Waals surface area contributed by atoms with Crippen molar-refractivity contribution >= 4 is 0 Å². The summed E-state index contributed by atoms with van der Waals surface area (Å²) in [5.74, 6) is 1.44. The lowest BCUT2D eigenvalue weighted by Crippen LogP contribution is -2.77. The van der Waals surface area contributed by atoms with E-state index in [1.54, 1.807) is 6.07 Å². The fourth-order valence-electron chi connectivity index (χ4n) is 6.46. The largest absolute Gasteiger partial charge is 0.504 e. The average molecular weight is 343 g/mol. The normalized spacial score (nSPS) is 44.3. The summed E-state index contributed by atoms with van der Waals surface area (Å²) in [6.07, 6.45) is 4.35. The van der Waals surface area contributed by atoms with Crippen LogP contribution >= 0.6 is 0 Å². The molecule has 5 aliphatic rings. The van der Waals surface area contributed by atoms with E-state index in [9.17, 15) is 15.3 Å². The monoisotopic (exact) mass is 343 g/mol. The number of hydrogen-bond acceptors (Lipinski definition) is 5. The van der Waals surface area contributed by atoms with Crippen LogP contribution in [-0.4, -0.2) is 57.2 Å². The Labute approximate surface area is 147 Å². The van der Waals surface area contributed by atoms with E-state index in [-0.39, 0.29) is 11.8 Å². The number of likely N-dealkylation sites (tertiary alicyclic amines) is 1. The molecule has 2 saturated carbocycles. The van der Waals surface area contributed by atoms with Crippen LogP contribution in [0.25, 0.3) is 0 Å². The minimum absolute atomic E-state index is 0.0865. The Morgan fingerprint density at radius 3 is 2.84 bits per heavy atom. The molecule has 3 N–H and O–H groups in total. The summed E-state index contributed by atoms with van der Waals surface area (Å²) >= 11 is 0. The summed E-state index contributed by atoms with van der Waals surface area (Å²) in [5, 5.41) is 33.1. The first-order chi connectivity index (χ1) is 12.0. The van der Waals surface area contributed by atoms with Crippen molar-refractivity contribution in [2.24, 2.45) is 5.92 Å². The van der Waals surface area contributed by atoms with Crippen molar-refractivity contribution in [3.8, 4) is 11.5 Å². The molecule has 3 aliphatic carbocycles. The smallest absolute Gasteiger partial charge is 0.165 e. The fraction of sp³-hybridized carbons (Fsp3) is 0.700. The number of nitrogens with zero attached hydrogens (tertiary/aromatic N) is 1. The van der Waals surface area contributed by atoms with Gasteiger partial charge in [-0.2, -0.15) is 0 Å². The van der Waals surface area contributed by atoms with Crippen LogP contribution in [0.15, 0.2) is 12.1 Å². The standard InChI is InChI=1S/C20H25NO4/c22-13-4-3-12-9-15-20(24)6-5-14(23)18-19(20,16(12)17(13)25-18)7-8-21(15)10-11-1-2-11/h3-4,11,14-15,18,22-24H,1-2,5-10H2/t14-,15?,18+,19+,20-/m1/s1. The quantitative estimate of drug-likeness (QED) is 0.755. The summed E-state index contributed by atoms with van der Waals surface area (Å²) in [5.41, 5.74) is 0.716. The Balaban J connectivity index is 1.57. The van der Waals surface area contributed by atoms with Gasteiger partial charge in [0.15, 0.2) is 11.5 Å². The molecule has 134 valence electrons. The summed E-state index contributed by atoms with van der Waals surface area (Å²) in [6.45, 7) is 2.02. The number of phenols is 1. The van der Waals surface area contributed by atoms with Crippen LogP contribution in [0.1, 0.15) is 43.2 Å². The highest BCUT2D eigenvalue weighted by molar-refractivity contribution is 5.62. The summed E-state index contributed by atoms with van der Waals surface area (Å²) in [6, 6.07) is 3.79. The molecule has 5 nitrogen and oxygen atoms in total. The molecule has 0 aromatic heterocycles. The zero-order valence-corrected chi connectivity index (χ0v) is 14.3. The molecule has 6 rings (SSSR count). The average Bonchev–Trinajstić information content (AvgIpc) is 3.32. The predicted molar refractivity (Wildman–Crippen MR) is 90.8 cm³/mol. The molecule has 5 heteroatoms. The van der Waals surface area contributed by atoms with Crippen LogP contribution in [-0.2, 0) is 11.8 Å². The highest BCUT2D eigenvalue weighted by Gasteiger charge is 2.72. The van der Waals surface area contributed by atoms with Crippen molar-refractivity contribution in [3.05, 3.63) is 23.3 Å². The first-order valence-corrected chi connectivity index (χ1v) is 9.71. The van der Waals surface area contributed by atoms with Crippen molar-refractivity contribution in [1.29, 1.82) is 0 Å². The van der Waals surface area contributed by atoms with E-state index in [4.69, 9.17) is 4.74 Å². The lowest BCUT2D eigenvalue weighted by Gasteiger charge is -2.63. The van der Waals surface area contributed by atoms with E-state index in [2.05, 4.69) is 4.90 Å². The molecule has 2 aliphatic heterocycles. The van der Waals surface area contributed by atoms with Gasteiger partial charge < -0.3 is 20.1 Å².